The average Bonchev–Trinajstić information content (AvgIpc) is 2.69. The van der Waals surface area contributed by atoms with Gasteiger partial charge >= 0.3 is 5.97 Å². The average molecular weight is 372 g/mol. The van der Waals surface area contributed by atoms with Crippen molar-refractivity contribution in [2.75, 3.05) is 12.3 Å². The second-order valence-electron chi connectivity index (χ2n) is 5.51. The van der Waals surface area contributed by atoms with E-state index < -0.39 is 5.97 Å². The highest BCUT2D eigenvalue weighted by molar-refractivity contribution is 5.89. The lowest BCUT2D eigenvalue weighted by Crippen LogP contribution is -2.32. The van der Waals surface area contributed by atoms with E-state index in [2.05, 4.69) is 9.97 Å². The van der Waals surface area contributed by atoms with Crippen molar-refractivity contribution in [2.24, 2.45) is 11.6 Å². The Labute approximate surface area is 160 Å². The molecule has 6 N–H and O–H groups in total. The fraction of sp³-hybridized carbons (Fsp3) is 0.316. The fourth-order valence-corrected chi connectivity index (χ4v) is 2.03. The molecule has 0 saturated heterocycles. The molecule has 0 atom stereocenters. The van der Waals surface area contributed by atoms with E-state index >= 15 is 0 Å². The molecule has 146 valence electrons. The number of esters is 1. The standard InChI is InChI=1S/C17H22N6O2.C2H6/c1-11(23(20)9-14-8-21-12(2)22-16(14)19)15(18)10-25-17(24)13-6-4-3-5-7-13;1-2/h3-8H,9-10,18,20H2,1-2H3,(H2,19,21,22);1-2H3/b15-11-;. The number of nitrogen functional groups attached to an aromatic ring is 1. The summed E-state index contributed by atoms with van der Waals surface area (Å²) in [6.45, 7) is 7.71. The van der Waals surface area contributed by atoms with E-state index in [1.165, 1.54) is 5.01 Å². The summed E-state index contributed by atoms with van der Waals surface area (Å²) in [5, 5.41) is 1.41. The number of rotatable bonds is 6. The summed E-state index contributed by atoms with van der Waals surface area (Å²) < 4.78 is 5.20. The molecule has 1 aromatic carbocycles. The van der Waals surface area contributed by atoms with Gasteiger partial charge in [-0.2, -0.15) is 0 Å². The lowest BCUT2D eigenvalue weighted by molar-refractivity contribution is 0.0536. The van der Waals surface area contributed by atoms with Crippen LogP contribution < -0.4 is 17.3 Å². The summed E-state index contributed by atoms with van der Waals surface area (Å²) in [5.41, 5.74) is 13.9. The van der Waals surface area contributed by atoms with E-state index in [9.17, 15) is 4.79 Å². The number of aromatic nitrogens is 2. The molecule has 27 heavy (non-hydrogen) atoms. The Bertz CT molecular complexity index is 777. The van der Waals surface area contributed by atoms with Crippen LogP contribution in [0, 0.1) is 6.92 Å². The number of benzene rings is 1. The van der Waals surface area contributed by atoms with Crippen molar-refractivity contribution in [3.63, 3.8) is 0 Å². The molecule has 0 radical (unpaired) electrons. The largest absolute Gasteiger partial charge is 0.456 e. The molecule has 0 bridgehead atoms. The molecule has 0 spiro atoms. The normalized spacial score (nSPS) is 11.0. The van der Waals surface area contributed by atoms with Crippen LogP contribution in [0.5, 0.6) is 0 Å². The van der Waals surface area contributed by atoms with Crippen molar-refractivity contribution in [3.05, 3.63) is 64.9 Å². The van der Waals surface area contributed by atoms with Crippen LogP contribution >= 0.6 is 0 Å². The number of hydrazine groups is 1. The number of ether oxygens (including phenoxy) is 1. The highest BCUT2D eigenvalue weighted by Gasteiger charge is 2.12. The molecular formula is C19H28N6O2. The molecule has 0 aliphatic rings. The van der Waals surface area contributed by atoms with Gasteiger partial charge in [0.25, 0.3) is 0 Å². The van der Waals surface area contributed by atoms with Gasteiger partial charge < -0.3 is 21.2 Å². The number of nitrogens with zero attached hydrogens (tertiary/aromatic N) is 3. The summed E-state index contributed by atoms with van der Waals surface area (Å²) in [5.74, 6) is 6.52. The van der Waals surface area contributed by atoms with Crippen molar-refractivity contribution >= 4 is 11.8 Å². The number of nitrogens with two attached hydrogens (primary N) is 3. The van der Waals surface area contributed by atoms with Gasteiger partial charge in [0.05, 0.1) is 17.8 Å². The summed E-state index contributed by atoms with van der Waals surface area (Å²) in [6, 6.07) is 8.68. The maximum absolute atomic E-state index is 11.9. The van der Waals surface area contributed by atoms with E-state index in [4.69, 9.17) is 22.0 Å². The molecule has 0 saturated carbocycles. The quantitative estimate of drug-likeness (QED) is 0.399. The van der Waals surface area contributed by atoms with Gasteiger partial charge in [0.2, 0.25) is 0 Å². The number of hydrogen-bond donors (Lipinski definition) is 3. The Kier molecular flexibility index (Phi) is 8.74. The zero-order chi connectivity index (χ0) is 20.4. The van der Waals surface area contributed by atoms with Gasteiger partial charge in [-0.1, -0.05) is 32.0 Å². The molecule has 2 rings (SSSR count). The van der Waals surface area contributed by atoms with E-state index in [1.54, 1.807) is 44.3 Å². The zero-order valence-electron chi connectivity index (χ0n) is 16.3. The third-order valence-electron chi connectivity index (χ3n) is 3.62. The van der Waals surface area contributed by atoms with Crippen LogP contribution in [-0.2, 0) is 11.3 Å². The number of carbonyl (C=O) groups excluding carboxylic acids is 1. The minimum Gasteiger partial charge on any atom is -0.456 e. The molecule has 8 heteroatoms. The second kappa shape index (κ2) is 10.8. The van der Waals surface area contributed by atoms with Crippen molar-refractivity contribution < 1.29 is 9.53 Å². The Hall–Kier alpha value is -3.13. The van der Waals surface area contributed by atoms with E-state index in [0.29, 0.717) is 34.2 Å². The summed E-state index contributed by atoms with van der Waals surface area (Å²) in [6.07, 6.45) is 1.62. The SMILES string of the molecule is C/C(=C(/N)COC(=O)c1ccccc1)N(N)Cc1cnc(C)nc1N.CC. The lowest BCUT2D eigenvalue weighted by atomic mass is 10.2. The van der Waals surface area contributed by atoms with Crippen LogP contribution in [0.25, 0.3) is 0 Å². The molecule has 0 fully saturated rings. The molecular weight excluding hydrogens is 344 g/mol. The van der Waals surface area contributed by atoms with Crippen LogP contribution in [0.3, 0.4) is 0 Å². The first-order valence-corrected chi connectivity index (χ1v) is 8.66. The monoisotopic (exact) mass is 372 g/mol. The highest BCUT2D eigenvalue weighted by atomic mass is 16.5. The van der Waals surface area contributed by atoms with Gasteiger partial charge in [-0.25, -0.2) is 20.6 Å². The minimum atomic E-state index is -0.448. The first-order valence-electron chi connectivity index (χ1n) is 8.66. The van der Waals surface area contributed by atoms with Crippen LogP contribution in [0.1, 0.15) is 42.5 Å². The first kappa shape index (κ1) is 21.9. The first-order chi connectivity index (χ1) is 12.9. The van der Waals surface area contributed by atoms with Gasteiger partial charge in [-0.3, -0.25) is 0 Å². The third kappa shape index (κ3) is 6.59. The van der Waals surface area contributed by atoms with Crippen LogP contribution in [0.2, 0.25) is 0 Å². The molecule has 0 aliphatic heterocycles. The topological polar surface area (TPSA) is 133 Å². The molecule has 0 aliphatic carbocycles. The number of allylic oxidation sites excluding steroid dienone is 1. The molecule has 0 amide bonds. The third-order valence-corrected chi connectivity index (χ3v) is 3.62. The summed E-state index contributed by atoms with van der Waals surface area (Å²) >= 11 is 0. The Balaban J connectivity index is 0.00000176. The minimum absolute atomic E-state index is 0.0624. The molecule has 2 aromatic rings. The smallest absolute Gasteiger partial charge is 0.338 e. The molecule has 1 heterocycles. The van der Waals surface area contributed by atoms with Crippen molar-refractivity contribution in [1.82, 2.24) is 15.0 Å². The Morgan fingerprint density at radius 1 is 1.22 bits per heavy atom. The van der Waals surface area contributed by atoms with Crippen LogP contribution in [-0.4, -0.2) is 27.6 Å². The number of aryl methyl sites for hydroxylation is 1. The maximum Gasteiger partial charge on any atom is 0.338 e. The van der Waals surface area contributed by atoms with Gasteiger partial charge in [-0.15, -0.1) is 0 Å². The lowest BCUT2D eigenvalue weighted by Gasteiger charge is -2.21. The van der Waals surface area contributed by atoms with Crippen LogP contribution in [0.15, 0.2) is 47.9 Å². The van der Waals surface area contributed by atoms with Crippen molar-refractivity contribution in [2.45, 2.75) is 34.2 Å². The second-order valence-corrected chi connectivity index (χ2v) is 5.51. The molecule has 8 nitrogen and oxygen atoms in total. The Morgan fingerprint density at radius 2 is 1.85 bits per heavy atom. The van der Waals surface area contributed by atoms with Gasteiger partial charge in [0, 0.05) is 17.5 Å². The van der Waals surface area contributed by atoms with Gasteiger partial charge in [0.1, 0.15) is 18.2 Å². The van der Waals surface area contributed by atoms with Crippen LogP contribution in [0.4, 0.5) is 5.82 Å². The van der Waals surface area contributed by atoms with E-state index in [1.807, 2.05) is 19.9 Å². The summed E-state index contributed by atoms with van der Waals surface area (Å²) in [7, 11) is 0. The maximum atomic E-state index is 11.9. The van der Waals surface area contributed by atoms with Crippen molar-refractivity contribution in [1.29, 1.82) is 0 Å². The number of carbonyl (C=O) groups is 1. The van der Waals surface area contributed by atoms with Gasteiger partial charge in [-0.05, 0) is 26.0 Å². The summed E-state index contributed by atoms with van der Waals surface area (Å²) in [4.78, 5) is 20.1. The molecule has 0 unspecified atom stereocenters. The molecule has 1 aromatic heterocycles. The van der Waals surface area contributed by atoms with Gasteiger partial charge in [0.15, 0.2) is 0 Å². The zero-order valence-corrected chi connectivity index (χ0v) is 16.3. The van der Waals surface area contributed by atoms with E-state index in [-0.39, 0.29) is 13.2 Å². The number of hydrogen-bond acceptors (Lipinski definition) is 8. The predicted octanol–water partition coefficient (Wildman–Crippen LogP) is 2.12. The highest BCUT2D eigenvalue weighted by Crippen LogP contribution is 2.13. The Morgan fingerprint density at radius 3 is 2.44 bits per heavy atom. The van der Waals surface area contributed by atoms with E-state index in [0.717, 1.165) is 0 Å². The predicted molar refractivity (Wildman–Crippen MR) is 106 cm³/mol. The van der Waals surface area contributed by atoms with Crippen molar-refractivity contribution in [3.8, 4) is 0 Å². The fourth-order valence-electron chi connectivity index (χ4n) is 2.03. The number of anilines is 1.